The van der Waals surface area contributed by atoms with E-state index in [4.69, 9.17) is 14.4 Å². The molecule has 1 aliphatic rings. The fourth-order valence-electron chi connectivity index (χ4n) is 8.08. The molecule has 5 heteroatoms. The monoisotopic (exact) mass is 666 g/mol. The zero-order chi connectivity index (χ0) is 34.2. The number of hydrogen-bond donors (Lipinski definition) is 1. The number of nitrogens with zero attached hydrogens (tertiary/aromatic N) is 3. The topological polar surface area (TPSA) is 54.8 Å². The molecule has 8 aromatic carbocycles. The van der Waals surface area contributed by atoms with Gasteiger partial charge in [0.15, 0.2) is 5.84 Å². The van der Waals surface area contributed by atoms with E-state index >= 15 is 0 Å². The third kappa shape index (κ3) is 4.36. The number of furan rings is 1. The van der Waals surface area contributed by atoms with Crippen molar-refractivity contribution in [3.8, 4) is 5.69 Å². The maximum absolute atomic E-state index is 6.54. The van der Waals surface area contributed by atoms with Crippen LogP contribution >= 0.6 is 0 Å². The normalized spacial score (nSPS) is 14.7. The van der Waals surface area contributed by atoms with Crippen molar-refractivity contribution in [1.29, 1.82) is 0 Å². The number of rotatable bonds is 4. The standard InChI is InChI=1S/C47H30N4O/c1-3-14-31(15-4-1)45-48-46(32-16-5-2-6-17-32)50-47(49-45)36-20-11-21-41-42(36)37-28-33(24-27-40(37)52-41)51-38-25-22-29-12-7-9-18-34(29)43(38)44-35-19-10-8-13-30(35)23-26-39(44)51/h1-28,45H,(H,48,49,50). The Kier molecular flexibility index (Phi) is 6.25. The maximum Gasteiger partial charge on any atom is 0.160 e. The molecule has 0 bridgehead atoms. The van der Waals surface area contributed by atoms with E-state index < -0.39 is 0 Å². The quantitative estimate of drug-likeness (QED) is 0.203. The molecule has 10 aromatic rings. The molecule has 52 heavy (non-hydrogen) atoms. The Balaban J connectivity index is 1.17. The van der Waals surface area contributed by atoms with E-state index in [1.54, 1.807) is 0 Å². The molecule has 0 spiro atoms. The second kappa shape index (κ2) is 11.3. The van der Waals surface area contributed by atoms with Crippen molar-refractivity contribution in [1.82, 2.24) is 9.88 Å². The average molecular weight is 667 g/mol. The Labute approximate surface area is 298 Å². The number of amidine groups is 2. The van der Waals surface area contributed by atoms with Gasteiger partial charge in [-0.1, -0.05) is 133 Å². The lowest BCUT2D eigenvalue weighted by Crippen LogP contribution is -2.33. The van der Waals surface area contributed by atoms with Gasteiger partial charge in [-0.15, -0.1) is 0 Å². The molecule has 1 N–H and O–H groups in total. The van der Waals surface area contributed by atoms with Gasteiger partial charge in [-0.3, -0.25) is 0 Å². The molecule has 0 fully saturated rings. The molecule has 2 aromatic heterocycles. The van der Waals surface area contributed by atoms with Crippen LogP contribution in [0.15, 0.2) is 184 Å². The van der Waals surface area contributed by atoms with Crippen molar-refractivity contribution < 1.29 is 4.42 Å². The molecular formula is C47H30N4O. The van der Waals surface area contributed by atoms with Gasteiger partial charge in [0.25, 0.3) is 0 Å². The van der Waals surface area contributed by atoms with Gasteiger partial charge in [-0.2, -0.15) is 0 Å². The lowest BCUT2D eigenvalue weighted by molar-refractivity contribution is 0.668. The molecule has 3 heterocycles. The van der Waals surface area contributed by atoms with Crippen LogP contribution in [0.3, 0.4) is 0 Å². The van der Waals surface area contributed by atoms with Crippen molar-refractivity contribution in [3.63, 3.8) is 0 Å². The fourth-order valence-corrected chi connectivity index (χ4v) is 8.08. The van der Waals surface area contributed by atoms with Crippen LogP contribution in [0.25, 0.3) is 71.0 Å². The van der Waals surface area contributed by atoms with Crippen LogP contribution in [0.4, 0.5) is 0 Å². The first kappa shape index (κ1) is 28.8. The van der Waals surface area contributed by atoms with Gasteiger partial charge >= 0.3 is 0 Å². The summed E-state index contributed by atoms with van der Waals surface area (Å²) in [7, 11) is 0. The fraction of sp³-hybridized carbons (Fsp3) is 0.0213. The van der Waals surface area contributed by atoms with Gasteiger partial charge in [0.1, 0.15) is 23.2 Å². The molecule has 11 rings (SSSR count). The third-order valence-electron chi connectivity index (χ3n) is 10.4. The summed E-state index contributed by atoms with van der Waals surface area (Å²) in [5.74, 6) is 1.45. The first-order valence-electron chi connectivity index (χ1n) is 17.6. The van der Waals surface area contributed by atoms with Gasteiger partial charge in [-0.25, -0.2) is 9.98 Å². The third-order valence-corrected chi connectivity index (χ3v) is 10.4. The maximum atomic E-state index is 6.54. The van der Waals surface area contributed by atoms with Crippen molar-refractivity contribution in [2.75, 3.05) is 0 Å². The predicted octanol–water partition coefficient (Wildman–Crippen LogP) is 11.5. The van der Waals surface area contributed by atoms with E-state index in [9.17, 15) is 0 Å². The Morgan fingerprint density at radius 3 is 1.88 bits per heavy atom. The molecule has 0 saturated heterocycles. The number of benzene rings is 8. The Morgan fingerprint density at radius 2 is 1.17 bits per heavy atom. The van der Waals surface area contributed by atoms with Gasteiger partial charge in [0.05, 0.1) is 11.0 Å². The van der Waals surface area contributed by atoms with E-state index in [0.717, 1.165) is 50.2 Å². The van der Waals surface area contributed by atoms with Crippen LogP contribution in [-0.4, -0.2) is 16.2 Å². The van der Waals surface area contributed by atoms with Crippen molar-refractivity contribution in [2.24, 2.45) is 9.98 Å². The Morgan fingerprint density at radius 1 is 0.519 bits per heavy atom. The molecule has 0 amide bonds. The van der Waals surface area contributed by atoms with Gasteiger partial charge in [0.2, 0.25) is 0 Å². The van der Waals surface area contributed by atoms with E-state index in [1.165, 1.54) is 43.4 Å². The summed E-state index contributed by atoms with van der Waals surface area (Å²) >= 11 is 0. The second-order valence-corrected chi connectivity index (χ2v) is 13.4. The van der Waals surface area contributed by atoms with Crippen molar-refractivity contribution in [3.05, 3.63) is 187 Å². The molecule has 1 unspecified atom stereocenters. The van der Waals surface area contributed by atoms with Crippen LogP contribution in [0, 0.1) is 0 Å². The highest BCUT2D eigenvalue weighted by molar-refractivity contribution is 6.29. The highest BCUT2D eigenvalue weighted by Gasteiger charge is 2.24. The molecule has 1 atom stereocenters. The first-order valence-corrected chi connectivity index (χ1v) is 17.6. The van der Waals surface area contributed by atoms with Crippen LogP contribution in [-0.2, 0) is 0 Å². The van der Waals surface area contributed by atoms with Crippen molar-refractivity contribution in [2.45, 2.75) is 6.17 Å². The Hall–Kier alpha value is -6.98. The van der Waals surface area contributed by atoms with E-state index in [1.807, 2.05) is 48.5 Å². The number of aliphatic imine (C=N–C) groups is 2. The van der Waals surface area contributed by atoms with Crippen LogP contribution in [0.1, 0.15) is 22.9 Å². The van der Waals surface area contributed by atoms with Gasteiger partial charge in [0, 0.05) is 38.4 Å². The summed E-state index contributed by atoms with van der Waals surface area (Å²) < 4.78 is 8.95. The van der Waals surface area contributed by atoms with Gasteiger partial charge < -0.3 is 14.3 Å². The number of fused-ring (bicyclic) bond motifs is 10. The van der Waals surface area contributed by atoms with Crippen LogP contribution < -0.4 is 5.32 Å². The minimum atomic E-state index is -0.296. The summed E-state index contributed by atoms with van der Waals surface area (Å²) in [5.41, 5.74) is 8.05. The lowest BCUT2D eigenvalue weighted by atomic mass is 10.00. The van der Waals surface area contributed by atoms with Gasteiger partial charge in [-0.05, 0) is 63.5 Å². The minimum Gasteiger partial charge on any atom is -0.456 e. The SMILES string of the molecule is c1ccc(C2=NC(c3cccc4oc5ccc(-n6c7ccc8ccccc8c7c7c8ccccc8ccc76)cc5c34)=NC(c3ccccc3)N2)cc1. The molecule has 0 aliphatic carbocycles. The molecule has 0 radical (unpaired) electrons. The van der Waals surface area contributed by atoms with Crippen LogP contribution in [0.5, 0.6) is 0 Å². The zero-order valence-corrected chi connectivity index (χ0v) is 28.0. The summed E-state index contributed by atoms with van der Waals surface area (Å²) in [6, 6.07) is 59.7. The summed E-state index contributed by atoms with van der Waals surface area (Å²) in [6.07, 6.45) is -0.296. The summed E-state index contributed by atoms with van der Waals surface area (Å²) in [6.45, 7) is 0. The molecule has 0 saturated carbocycles. The number of nitrogens with one attached hydrogen (secondary N) is 1. The van der Waals surface area contributed by atoms with E-state index in [-0.39, 0.29) is 6.17 Å². The predicted molar refractivity (Wildman–Crippen MR) is 215 cm³/mol. The number of hydrogen-bond acceptors (Lipinski definition) is 4. The highest BCUT2D eigenvalue weighted by Crippen LogP contribution is 2.42. The second-order valence-electron chi connectivity index (χ2n) is 13.4. The van der Waals surface area contributed by atoms with Crippen molar-refractivity contribution >= 4 is 77.0 Å². The largest absolute Gasteiger partial charge is 0.456 e. The minimum absolute atomic E-state index is 0.296. The average Bonchev–Trinajstić information content (AvgIpc) is 3.77. The Bertz CT molecular complexity index is 3010. The molecule has 1 aliphatic heterocycles. The molecule has 244 valence electrons. The van der Waals surface area contributed by atoms with Crippen LogP contribution in [0.2, 0.25) is 0 Å². The highest BCUT2D eigenvalue weighted by atomic mass is 16.3. The molecule has 5 nitrogen and oxygen atoms in total. The number of aromatic nitrogens is 1. The molecular weight excluding hydrogens is 637 g/mol. The smallest absolute Gasteiger partial charge is 0.160 e. The lowest BCUT2D eigenvalue weighted by Gasteiger charge is -2.23. The van der Waals surface area contributed by atoms with E-state index in [0.29, 0.717) is 5.84 Å². The summed E-state index contributed by atoms with van der Waals surface area (Å²) in [5, 5.41) is 13.1. The zero-order valence-electron chi connectivity index (χ0n) is 28.0. The first-order chi connectivity index (χ1) is 25.8. The van der Waals surface area contributed by atoms with E-state index in [2.05, 4.69) is 131 Å². The summed E-state index contributed by atoms with van der Waals surface area (Å²) in [4.78, 5) is 10.4.